The highest BCUT2D eigenvalue weighted by molar-refractivity contribution is 5.79. The van der Waals surface area contributed by atoms with Crippen molar-refractivity contribution in [1.82, 2.24) is 14.7 Å². The molecule has 30 heavy (non-hydrogen) atoms. The number of likely N-dealkylation sites (N-methyl/N-ethyl adjacent to an activating group) is 1. The first-order valence-corrected chi connectivity index (χ1v) is 10.7. The van der Waals surface area contributed by atoms with Crippen molar-refractivity contribution >= 4 is 5.91 Å². The smallest absolute Gasteiger partial charge is 0.237 e. The lowest BCUT2D eigenvalue weighted by molar-refractivity contribution is -0.133. The lowest BCUT2D eigenvalue weighted by Crippen LogP contribution is -2.40. The zero-order valence-electron chi connectivity index (χ0n) is 18.1. The van der Waals surface area contributed by atoms with Crippen LogP contribution in [-0.4, -0.2) is 60.9 Å². The van der Waals surface area contributed by atoms with E-state index < -0.39 is 0 Å². The van der Waals surface area contributed by atoms with Crippen molar-refractivity contribution in [2.75, 3.05) is 40.3 Å². The molecule has 2 aliphatic heterocycles. The van der Waals surface area contributed by atoms with Gasteiger partial charge in [0, 0.05) is 32.1 Å². The summed E-state index contributed by atoms with van der Waals surface area (Å²) >= 11 is 0. The minimum absolute atomic E-state index is 0.125. The molecule has 5 nitrogen and oxygen atoms in total. The number of rotatable bonds is 5. The van der Waals surface area contributed by atoms with Crippen LogP contribution >= 0.6 is 0 Å². The molecule has 156 valence electrons. The molecular formula is C25H30N4O. The molecule has 0 aliphatic carbocycles. The van der Waals surface area contributed by atoms with Crippen molar-refractivity contribution in [2.24, 2.45) is 11.8 Å². The van der Waals surface area contributed by atoms with E-state index in [1.54, 1.807) is 0 Å². The molecule has 0 bridgehead atoms. The van der Waals surface area contributed by atoms with Gasteiger partial charge in [-0.05, 0) is 49.7 Å². The molecule has 1 amide bonds. The number of nitriles is 1. The van der Waals surface area contributed by atoms with Gasteiger partial charge in [-0.15, -0.1) is 0 Å². The molecule has 0 saturated carbocycles. The van der Waals surface area contributed by atoms with Crippen molar-refractivity contribution in [3.63, 3.8) is 0 Å². The van der Waals surface area contributed by atoms with E-state index in [0.717, 1.165) is 37.3 Å². The van der Waals surface area contributed by atoms with Crippen molar-refractivity contribution in [2.45, 2.75) is 19.5 Å². The Morgan fingerprint density at radius 1 is 1.10 bits per heavy atom. The Morgan fingerprint density at radius 2 is 1.83 bits per heavy atom. The van der Waals surface area contributed by atoms with Crippen LogP contribution in [0.4, 0.5) is 0 Å². The third kappa shape index (κ3) is 3.98. The molecule has 5 heteroatoms. The van der Waals surface area contributed by atoms with E-state index >= 15 is 0 Å². The molecule has 0 N–H and O–H groups in total. The number of amides is 1. The Labute approximate surface area is 179 Å². The fourth-order valence-electron chi connectivity index (χ4n) is 5.21. The highest BCUT2D eigenvalue weighted by Gasteiger charge is 2.49. The molecule has 2 aromatic rings. The maximum atomic E-state index is 13.1. The summed E-state index contributed by atoms with van der Waals surface area (Å²) in [5.41, 5.74) is 4.37. The van der Waals surface area contributed by atoms with E-state index in [1.807, 2.05) is 37.2 Å². The molecule has 0 unspecified atom stereocenters. The third-order valence-corrected chi connectivity index (χ3v) is 6.55. The zero-order valence-corrected chi connectivity index (χ0v) is 18.1. The predicted molar refractivity (Wildman–Crippen MR) is 118 cm³/mol. The average Bonchev–Trinajstić information content (AvgIpc) is 3.26. The molecule has 2 aromatic carbocycles. The summed E-state index contributed by atoms with van der Waals surface area (Å²) in [6, 6.07) is 18.8. The number of nitrogens with zero attached hydrogens (tertiary/aromatic N) is 4. The Kier molecular flexibility index (Phi) is 5.90. The van der Waals surface area contributed by atoms with Gasteiger partial charge in [0.15, 0.2) is 0 Å². The topological polar surface area (TPSA) is 50.6 Å². The Morgan fingerprint density at radius 3 is 2.57 bits per heavy atom. The highest BCUT2D eigenvalue weighted by Crippen LogP contribution is 2.46. The molecule has 0 aromatic heterocycles. The summed E-state index contributed by atoms with van der Waals surface area (Å²) < 4.78 is 0. The summed E-state index contributed by atoms with van der Waals surface area (Å²) in [5, 5.41) is 9.43. The Bertz CT molecular complexity index is 964. The Balaban J connectivity index is 1.58. The fraction of sp³-hybridized carbons (Fsp3) is 0.440. The number of benzene rings is 2. The van der Waals surface area contributed by atoms with Crippen LogP contribution in [0.3, 0.4) is 0 Å². The SMILES string of the molecule is Cc1ccccc1[C@H]1[C@@H]2CN(Cc3ccccc3C#N)C[C@@H]2CN1C(=O)CN(C)C. The van der Waals surface area contributed by atoms with Gasteiger partial charge in [0.2, 0.25) is 5.91 Å². The third-order valence-electron chi connectivity index (χ3n) is 6.55. The van der Waals surface area contributed by atoms with Gasteiger partial charge in [0.05, 0.1) is 24.2 Å². The molecule has 0 spiro atoms. The van der Waals surface area contributed by atoms with Crippen LogP contribution in [-0.2, 0) is 11.3 Å². The second-order valence-electron chi connectivity index (χ2n) is 8.97. The van der Waals surface area contributed by atoms with Crippen LogP contribution in [0.1, 0.15) is 28.3 Å². The van der Waals surface area contributed by atoms with E-state index in [4.69, 9.17) is 0 Å². The minimum Gasteiger partial charge on any atom is -0.334 e. The average molecular weight is 403 g/mol. The van der Waals surface area contributed by atoms with E-state index in [-0.39, 0.29) is 11.9 Å². The number of carbonyl (C=O) groups excluding carboxylic acids is 1. The second kappa shape index (κ2) is 8.59. The monoisotopic (exact) mass is 402 g/mol. The van der Waals surface area contributed by atoms with Crippen LogP contribution in [0.5, 0.6) is 0 Å². The first-order chi connectivity index (χ1) is 14.5. The summed E-state index contributed by atoms with van der Waals surface area (Å²) in [6.45, 7) is 6.12. The number of aryl methyl sites for hydroxylation is 1. The second-order valence-corrected chi connectivity index (χ2v) is 8.97. The van der Waals surface area contributed by atoms with Gasteiger partial charge in [-0.25, -0.2) is 0 Å². The molecular weight excluding hydrogens is 372 g/mol. The van der Waals surface area contributed by atoms with Crippen LogP contribution in [0.2, 0.25) is 0 Å². The molecule has 2 saturated heterocycles. The molecule has 2 aliphatic rings. The molecule has 0 radical (unpaired) electrons. The van der Waals surface area contributed by atoms with Crippen LogP contribution in [0.25, 0.3) is 0 Å². The lowest BCUT2D eigenvalue weighted by Gasteiger charge is -2.31. The van der Waals surface area contributed by atoms with Gasteiger partial charge in [0.25, 0.3) is 0 Å². The first kappa shape index (κ1) is 20.6. The van der Waals surface area contributed by atoms with Crippen molar-refractivity contribution in [3.8, 4) is 6.07 Å². The first-order valence-electron chi connectivity index (χ1n) is 10.7. The van der Waals surface area contributed by atoms with Crippen molar-refractivity contribution in [3.05, 3.63) is 70.8 Å². The Hall–Kier alpha value is -2.68. The quantitative estimate of drug-likeness (QED) is 0.771. The van der Waals surface area contributed by atoms with Crippen molar-refractivity contribution in [1.29, 1.82) is 5.26 Å². The van der Waals surface area contributed by atoms with Gasteiger partial charge in [-0.1, -0.05) is 42.5 Å². The van der Waals surface area contributed by atoms with Gasteiger partial charge in [0.1, 0.15) is 0 Å². The number of carbonyl (C=O) groups is 1. The van der Waals surface area contributed by atoms with Crippen LogP contribution in [0, 0.1) is 30.1 Å². The van der Waals surface area contributed by atoms with E-state index in [2.05, 4.69) is 53.1 Å². The summed E-state index contributed by atoms with van der Waals surface area (Å²) in [7, 11) is 3.90. The summed E-state index contributed by atoms with van der Waals surface area (Å²) in [4.78, 5) is 19.6. The molecule has 2 heterocycles. The maximum Gasteiger partial charge on any atom is 0.237 e. The summed E-state index contributed by atoms with van der Waals surface area (Å²) in [5.74, 6) is 1.10. The van der Waals surface area contributed by atoms with E-state index in [0.29, 0.717) is 18.4 Å². The predicted octanol–water partition coefficient (Wildman–Crippen LogP) is 3.06. The van der Waals surface area contributed by atoms with Gasteiger partial charge >= 0.3 is 0 Å². The number of hydrogen-bond donors (Lipinski definition) is 0. The molecule has 4 rings (SSSR count). The van der Waals surface area contributed by atoms with Gasteiger partial charge in [-0.2, -0.15) is 5.26 Å². The summed E-state index contributed by atoms with van der Waals surface area (Å²) in [6.07, 6.45) is 0. The van der Waals surface area contributed by atoms with Gasteiger partial charge in [-0.3, -0.25) is 9.69 Å². The number of fused-ring (bicyclic) bond motifs is 1. The normalized spacial score (nSPS) is 23.6. The van der Waals surface area contributed by atoms with Gasteiger partial charge < -0.3 is 9.80 Å². The van der Waals surface area contributed by atoms with E-state index in [9.17, 15) is 10.1 Å². The highest BCUT2D eigenvalue weighted by atomic mass is 16.2. The molecule has 3 atom stereocenters. The lowest BCUT2D eigenvalue weighted by atomic mass is 9.87. The minimum atomic E-state index is 0.125. The van der Waals surface area contributed by atoms with Crippen molar-refractivity contribution < 1.29 is 4.79 Å². The zero-order chi connectivity index (χ0) is 21.3. The fourth-order valence-corrected chi connectivity index (χ4v) is 5.21. The number of likely N-dealkylation sites (tertiary alicyclic amines) is 2. The molecule has 2 fully saturated rings. The maximum absolute atomic E-state index is 13.1. The standard InChI is InChI=1S/C25H30N4O/c1-18-8-4-7-11-22(18)25-23-16-28(13-20-10-6-5-9-19(20)12-26)14-21(23)15-29(25)24(30)17-27(2)3/h4-11,21,23,25H,13-17H2,1-3H3/t21-,23-,25+/m1/s1. The van der Waals surface area contributed by atoms with E-state index in [1.165, 1.54) is 11.1 Å². The van der Waals surface area contributed by atoms with Crippen LogP contribution in [0.15, 0.2) is 48.5 Å². The number of hydrogen-bond acceptors (Lipinski definition) is 4. The van der Waals surface area contributed by atoms with Crippen LogP contribution < -0.4 is 0 Å². The largest absolute Gasteiger partial charge is 0.334 e.